The molecular formula is C28H48NO8P. The summed E-state index contributed by atoms with van der Waals surface area (Å²) in [5.41, 5.74) is 0. The Labute approximate surface area is 228 Å². The molecule has 0 aliphatic carbocycles. The van der Waals surface area contributed by atoms with Gasteiger partial charge in [0.05, 0.1) is 13.2 Å². The minimum atomic E-state index is -4.39. The van der Waals surface area contributed by atoms with Crippen LogP contribution in [0.1, 0.15) is 84.5 Å². The first-order chi connectivity index (χ1) is 18.3. The average molecular weight is 558 g/mol. The first-order valence-corrected chi connectivity index (χ1v) is 15.1. The maximum absolute atomic E-state index is 11.9. The average Bonchev–Trinajstić information content (AvgIpc) is 2.89. The van der Waals surface area contributed by atoms with E-state index in [1.54, 1.807) is 0 Å². The molecule has 1 amide bonds. The molecule has 0 fully saturated rings. The first kappa shape index (κ1) is 36.0. The summed E-state index contributed by atoms with van der Waals surface area (Å²) in [7, 11) is -4.39. The number of unbranched alkanes of at least 4 members (excludes halogenated alkanes) is 3. The van der Waals surface area contributed by atoms with Crippen molar-refractivity contribution in [1.82, 2.24) is 5.32 Å². The smallest absolute Gasteiger partial charge is 0.463 e. The summed E-state index contributed by atoms with van der Waals surface area (Å²) in [5.74, 6) is -0.604. The molecule has 2 atom stereocenters. The molecule has 0 aromatic rings. The van der Waals surface area contributed by atoms with Crippen molar-refractivity contribution in [2.24, 2.45) is 0 Å². The van der Waals surface area contributed by atoms with Crippen LogP contribution in [0.15, 0.2) is 48.6 Å². The van der Waals surface area contributed by atoms with Crippen LogP contribution >= 0.6 is 7.82 Å². The number of carbonyl (C=O) groups excluding carboxylic acids is 2. The minimum Gasteiger partial charge on any atom is -0.463 e. The Kier molecular flexibility index (Phi) is 23.9. The van der Waals surface area contributed by atoms with Crippen molar-refractivity contribution in [3.05, 3.63) is 48.6 Å². The number of nitrogens with one attached hydrogen (secondary N) is 1. The van der Waals surface area contributed by atoms with Gasteiger partial charge in [-0.05, 0) is 51.4 Å². The van der Waals surface area contributed by atoms with E-state index in [1.807, 2.05) is 6.92 Å². The summed E-state index contributed by atoms with van der Waals surface area (Å²) in [6.07, 6.45) is 24.5. The Morgan fingerprint density at radius 3 is 2.11 bits per heavy atom. The molecule has 3 N–H and O–H groups in total. The predicted octanol–water partition coefficient (Wildman–Crippen LogP) is 5.70. The van der Waals surface area contributed by atoms with E-state index in [2.05, 4.69) is 60.8 Å². The highest BCUT2D eigenvalue weighted by Gasteiger charge is 2.23. The van der Waals surface area contributed by atoms with Crippen LogP contribution in [0.5, 0.6) is 0 Å². The number of aliphatic hydroxyl groups excluding tert-OH is 1. The highest BCUT2D eigenvalue weighted by Crippen LogP contribution is 2.42. The molecular weight excluding hydrogens is 509 g/mol. The zero-order valence-corrected chi connectivity index (χ0v) is 24.0. The molecule has 10 heteroatoms. The molecule has 0 saturated heterocycles. The van der Waals surface area contributed by atoms with Gasteiger partial charge in [-0.15, -0.1) is 0 Å². The van der Waals surface area contributed by atoms with Crippen molar-refractivity contribution >= 4 is 19.7 Å². The van der Waals surface area contributed by atoms with Gasteiger partial charge in [0.1, 0.15) is 12.7 Å². The molecule has 0 bridgehead atoms. The van der Waals surface area contributed by atoms with Gasteiger partial charge in [0, 0.05) is 19.4 Å². The van der Waals surface area contributed by atoms with E-state index >= 15 is 0 Å². The van der Waals surface area contributed by atoms with Crippen LogP contribution in [0.25, 0.3) is 0 Å². The standard InChI is InChI=1S/C28H48NO8P/c1-3-5-7-8-9-10-11-12-13-14-15-16-17-18-19-20-27(31)29-22-23-36-38(33,34)37-25-26(30)24-35-28(32)21-6-4-2/h5,7,9-10,12-13,15-16,26,30H,3-4,6,8,11,14,17-25H2,1-2H3,(H,29,31)(H,33,34)/b7-5-,10-9-,13-12-,16-15-. The fourth-order valence-corrected chi connectivity index (χ4v) is 3.69. The van der Waals surface area contributed by atoms with Gasteiger partial charge in [0.25, 0.3) is 0 Å². The van der Waals surface area contributed by atoms with Gasteiger partial charge in [-0.25, -0.2) is 4.57 Å². The molecule has 0 radical (unpaired) electrons. The van der Waals surface area contributed by atoms with Crippen LogP contribution < -0.4 is 5.32 Å². The van der Waals surface area contributed by atoms with E-state index in [0.29, 0.717) is 12.8 Å². The molecule has 0 aliphatic heterocycles. The highest BCUT2D eigenvalue weighted by molar-refractivity contribution is 7.47. The number of hydrogen-bond donors (Lipinski definition) is 3. The van der Waals surface area contributed by atoms with E-state index in [0.717, 1.165) is 51.4 Å². The van der Waals surface area contributed by atoms with Crippen LogP contribution in [0.2, 0.25) is 0 Å². The molecule has 0 aliphatic rings. The number of rotatable bonds is 24. The summed E-state index contributed by atoms with van der Waals surface area (Å²) < 4.78 is 26.2. The van der Waals surface area contributed by atoms with Crippen LogP contribution in [0, 0.1) is 0 Å². The lowest BCUT2D eigenvalue weighted by molar-refractivity contribution is -0.147. The van der Waals surface area contributed by atoms with Gasteiger partial charge in [0.2, 0.25) is 5.91 Å². The van der Waals surface area contributed by atoms with E-state index in [9.17, 15) is 24.2 Å². The Balaban J connectivity index is 3.73. The number of amides is 1. The lowest BCUT2D eigenvalue weighted by Crippen LogP contribution is -2.27. The molecule has 0 aromatic carbocycles. The number of phosphoric acid groups is 1. The summed E-state index contributed by atoms with van der Waals surface area (Å²) in [5, 5.41) is 12.3. The van der Waals surface area contributed by atoms with Gasteiger partial charge in [0.15, 0.2) is 0 Å². The van der Waals surface area contributed by atoms with Crippen LogP contribution in [0.4, 0.5) is 0 Å². The normalized spacial score (nSPS) is 14.5. The number of phosphoric ester groups is 1. The largest absolute Gasteiger partial charge is 0.472 e. The second-order valence-corrected chi connectivity index (χ2v) is 10.1. The van der Waals surface area contributed by atoms with E-state index in [1.165, 1.54) is 0 Å². The SMILES string of the molecule is CC/C=C\C/C=C\C/C=C\C/C=C\CCCCC(=O)NCCOP(=O)(O)OCC(O)COC(=O)CCCC. The van der Waals surface area contributed by atoms with Crippen molar-refractivity contribution in [2.45, 2.75) is 90.6 Å². The van der Waals surface area contributed by atoms with Crippen molar-refractivity contribution in [3.63, 3.8) is 0 Å². The number of allylic oxidation sites excluding steroid dienone is 8. The maximum Gasteiger partial charge on any atom is 0.472 e. The predicted molar refractivity (Wildman–Crippen MR) is 150 cm³/mol. The summed E-state index contributed by atoms with van der Waals surface area (Å²) in [4.78, 5) is 32.9. The third-order valence-corrected chi connectivity index (χ3v) is 6.01. The Hall–Kier alpha value is -2.03. The second-order valence-electron chi connectivity index (χ2n) is 8.63. The van der Waals surface area contributed by atoms with Crippen molar-refractivity contribution < 1.29 is 37.9 Å². The van der Waals surface area contributed by atoms with Crippen LogP contribution in [-0.2, 0) is 27.9 Å². The van der Waals surface area contributed by atoms with Crippen LogP contribution in [-0.4, -0.2) is 54.3 Å². The molecule has 9 nitrogen and oxygen atoms in total. The van der Waals surface area contributed by atoms with Crippen molar-refractivity contribution in [3.8, 4) is 0 Å². The third kappa shape index (κ3) is 25.6. The number of esters is 1. The Morgan fingerprint density at radius 1 is 0.842 bits per heavy atom. The summed E-state index contributed by atoms with van der Waals surface area (Å²) in [6.45, 7) is 3.04. The monoisotopic (exact) mass is 557 g/mol. The van der Waals surface area contributed by atoms with Gasteiger partial charge < -0.3 is 20.1 Å². The van der Waals surface area contributed by atoms with Gasteiger partial charge in [-0.2, -0.15) is 0 Å². The maximum atomic E-state index is 11.9. The molecule has 0 rings (SSSR count). The van der Waals surface area contributed by atoms with Crippen molar-refractivity contribution in [2.75, 3.05) is 26.4 Å². The van der Waals surface area contributed by atoms with Gasteiger partial charge >= 0.3 is 13.8 Å². The molecule has 218 valence electrons. The molecule has 0 saturated carbocycles. The number of ether oxygens (including phenoxy) is 1. The topological polar surface area (TPSA) is 131 Å². The van der Waals surface area contributed by atoms with Crippen LogP contribution in [0.3, 0.4) is 0 Å². The van der Waals surface area contributed by atoms with Crippen molar-refractivity contribution in [1.29, 1.82) is 0 Å². The Bertz CT molecular complexity index is 779. The lowest BCUT2D eigenvalue weighted by Gasteiger charge is -2.15. The number of carbonyl (C=O) groups is 2. The first-order valence-electron chi connectivity index (χ1n) is 13.6. The Morgan fingerprint density at radius 2 is 1.47 bits per heavy atom. The molecule has 0 heterocycles. The molecule has 2 unspecified atom stereocenters. The number of aliphatic hydroxyl groups is 1. The summed E-state index contributed by atoms with van der Waals surface area (Å²) >= 11 is 0. The van der Waals surface area contributed by atoms with E-state index in [-0.39, 0.29) is 32.1 Å². The minimum absolute atomic E-state index is 0.0568. The molecule has 38 heavy (non-hydrogen) atoms. The summed E-state index contributed by atoms with van der Waals surface area (Å²) in [6, 6.07) is 0. The molecule has 0 spiro atoms. The second kappa shape index (κ2) is 25.3. The molecule has 0 aromatic heterocycles. The highest BCUT2D eigenvalue weighted by atomic mass is 31.2. The van der Waals surface area contributed by atoms with E-state index < -0.39 is 26.5 Å². The quantitative estimate of drug-likeness (QED) is 0.0596. The van der Waals surface area contributed by atoms with Gasteiger partial charge in [-0.1, -0.05) is 68.9 Å². The van der Waals surface area contributed by atoms with Gasteiger partial charge in [-0.3, -0.25) is 18.6 Å². The van der Waals surface area contributed by atoms with E-state index in [4.69, 9.17) is 13.8 Å². The zero-order valence-electron chi connectivity index (χ0n) is 23.1. The zero-order chi connectivity index (χ0) is 28.3. The fraction of sp³-hybridized carbons (Fsp3) is 0.643. The number of hydrogen-bond acceptors (Lipinski definition) is 7. The fourth-order valence-electron chi connectivity index (χ4n) is 2.93. The lowest BCUT2D eigenvalue weighted by atomic mass is 10.1. The third-order valence-electron chi connectivity index (χ3n) is 5.02.